The second kappa shape index (κ2) is 7.25. The Morgan fingerprint density at radius 3 is 2.65 bits per heavy atom. The van der Waals surface area contributed by atoms with Gasteiger partial charge >= 0.3 is 5.97 Å². The predicted octanol–water partition coefficient (Wildman–Crippen LogP) is 0.721. The maximum atomic E-state index is 12.0. The van der Waals surface area contributed by atoms with Crippen LogP contribution < -0.4 is 10.6 Å². The molecule has 0 aliphatic rings. The van der Waals surface area contributed by atoms with E-state index in [1.165, 1.54) is 23.7 Å². The Balaban J connectivity index is 2.65. The molecule has 0 aliphatic heterocycles. The number of thioether (sulfide) groups is 1. The van der Waals surface area contributed by atoms with Crippen LogP contribution in [0.25, 0.3) is 0 Å². The van der Waals surface area contributed by atoms with Gasteiger partial charge in [0.15, 0.2) is 0 Å². The van der Waals surface area contributed by atoms with Crippen molar-refractivity contribution in [2.45, 2.75) is 13.3 Å². The number of carboxylic acids is 1. The molecule has 9 heteroatoms. The van der Waals surface area contributed by atoms with E-state index in [1.54, 1.807) is 6.92 Å². The second-order valence-electron chi connectivity index (χ2n) is 3.97. The molecule has 7 nitrogen and oxygen atoms in total. The third-order valence-corrected chi connectivity index (χ3v) is 4.44. The minimum absolute atomic E-state index is 0.0515. The highest BCUT2D eigenvalue weighted by Gasteiger charge is 2.23. The molecule has 0 bridgehead atoms. The summed E-state index contributed by atoms with van der Waals surface area (Å²) < 4.78 is 3.96. The zero-order chi connectivity index (χ0) is 15.3. The first-order valence-corrected chi connectivity index (χ1v) is 7.59. The Morgan fingerprint density at radius 2 is 2.10 bits per heavy atom. The summed E-state index contributed by atoms with van der Waals surface area (Å²) in [6.07, 6.45) is 0.199. The van der Waals surface area contributed by atoms with Gasteiger partial charge in [0.1, 0.15) is 10.6 Å². The molecule has 1 aromatic rings. The number of aromatic nitrogens is 1. The van der Waals surface area contributed by atoms with Crippen molar-refractivity contribution in [2.75, 3.05) is 23.5 Å². The summed E-state index contributed by atoms with van der Waals surface area (Å²) >= 11 is 2.25. The summed E-state index contributed by atoms with van der Waals surface area (Å²) in [7, 11) is 1.51. The van der Waals surface area contributed by atoms with Crippen LogP contribution in [0, 0.1) is 6.92 Å². The number of aryl methyl sites for hydroxylation is 1. The molecule has 1 rings (SSSR count). The number of rotatable bonds is 7. The van der Waals surface area contributed by atoms with Gasteiger partial charge in [-0.25, -0.2) is 4.79 Å². The Bertz CT molecular complexity index is 530. The topological polar surface area (TPSA) is 114 Å². The SMILES string of the molecule is Cc1nsc(N(C)C(=O)CCSCC(N)=O)c1C(=O)O. The third kappa shape index (κ3) is 4.20. The van der Waals surface area contributed by atoms with Crippen LogP contribution in [0.5, 0.6) is 0 Å². The van der Waals surface area contributed by atoms with Crippen LogP contribution in [0.15, 0.2) is 0 Å². The summed E-state index contributed by atoms with van der Waals surface area (Å²) in [6, 6.07) is 0. The normalized spacial score (nSPS) is 10.3. The standard InChI is InChI=1S/C11H15N3O4S2/c1-6-9(11(17)18)10(20-13-6)14(2)8(16)3-4-19-5-7(12)15/h3-5H2,1-2H3,(H2,12,15)(H,17,18). The van der Waals surface area contributed by atoms with E-state index in [9.17, 15) is 14.4 Å². The van der Waals surface area contributed by atoms with Crippen LogP contribution in [0.4, 0.5) is 5.00 Å². The molecule has 0 aromatic carbocycles. The van der Waals surface area contributed by atoms with Gasteiger partial charge in [0.25, 0.3) is 0 Å². The molecule has 0 fully saturated rings. The minimum Gasteiger partial charge on any atom is -0.478 e. The van der Waals surface area contributed by atoms with Gasteiger partial charge in [-0.2, -0.15) is 16.1 Å². The van der Waals surface area contributed by atoms with Crippen molar-refractivity contribution in [1.29, 1.82) is 0 Å². The van der Waals surface area contributed by atoms with E-state index in [0.29, 0.717) is 16.4 Å². The van der Waals surface area contributed by atoms with Gasteiger partial charge in [-0.15, -0.1) is 0 Å². The van der Waals surface area contributed by atoms with E-state index in [4.69, 9.17) is 10.8 Å². The molecular formula is C11H15N3O4S2. The van der Waals surface area contributed by atoms with Gasteiger partial charge in [0.05, 0.1) is 11.4 Å². The first-order valence-electron chi connectivity index (χ1n) is 5.66. The molecule has 110 valence electrons. The van der Waals surface area contributed by atoms with Crippen molar-refractivity contribution in [2.24, 2.45) is 5.73 Å². The van der Waals surface area contributed by atoms with Crippen molar-refractivity contribution in [1.82, 2.24) is 4.37 Å². The van der Waals surface area contributed by atoms with Crippen molar-refractivity contribution in [3.05, 3.63) is 11.3 Å². The summed E-state index contributed by atoms with van der Waals surface area (Å²) in [6.45, 7) is 1.59. The van der Waals surface area contributed by atoms with Gasteiger partial charge in [-0.3, -0.25) is 9.59 Å². The molecule has 0 radical (unpaired) electrons. The number of carbonyl (C=O) groups is 3. The van der Waals surface area contributed by atoms with Gasteiger partial charge < -0.3 is 15.7 Å². The lowest BCUT2D eigenvalue weighted by Crippen LogP contribution is -2.27. The fourth-order valence-corrected chi connectivity index (χ4v) is 2.98. The first-order chi connectivity index (χ1) is 9.34. The Kier molecular flexibility index (Phi) is 5.96. The average molecular weight is 317 g/mol. The summed E-state index contributed by atoms with van der Waals surface area (Å²) in [5.41, 5.74) is 5.43. The van der Waals surface area contributed by atoms with E-state index in [2.05, 4.69) is 4.37 Å². The van der Waals surface area contributed by atoms with Gasteiger partial charge in [0.2, 0.25) is 11.8 Å². The second-order valence-corrected chi connectivity index (χ2v) is 5.83. The van der Waals surface area contributed by atoms with Crippen LogP contribution in [0.3, 0.4) is 0 Å². The number of hydrogen-bond acceptors (Lipinski definition) is 6. The minimum atomic E-state index is -1.10. The molecule has 20 heavy (non-hydrogen) atoms. The van der Waals surface area contributed by atoms with E-state index >= 15 is 0 Å². The maximum Gasteiger partial charge on any atom is 0.340 e. The fourth-order valence-electron chi connectivity index (χ4n) is 1.45. The summed E-state index contributed by atoms with van der Waals surface area (Å²) in [5.74, 6) is -1.15. The summed E-state index contributed by atoms with van der Waals surface area (Å²) in [5, 5.41) is 9.43. The predicted molar refractivity (Wildman–Crippen MR) is 78.4 cm³/mol. The monoisotopic (exact) mass is 317 g/mol. The number of hydrogen-bond donors (Lipinski definition) is 2. The first kappa shape index (κ1) is 16.4. The van der Waals surface area contributed by atoms with E-state index in [1.807, 2.05) is 0 Å². The largest absolute Gasteiger partial charge is 0.478 e. The summed E-state index contributed by atoms with van der Waals surface area (Å²) in [4.78, 5) is 34.9. The highest BCUT2D eigenvalue weighted by molar-refractivity contribution is 7.99. The number of primary amides is 1. The molecule has 1 aromatic heterocycles. The van der Waals surface area contributed by atoms with Gasteiger partial charge in [-0.05, 0) is 18.5 Å². The smallest absolute Gasteiger partial charge is 0.340 e. The molecule has 0 saturated heterocycles. The van der Waals surface area contributed by atoms with Crippen molar-refractivity contribution < 1.29 is 19.5 Å². The number of nitrogens with zero attached hydrogens (tertiary/aromatic N) is 2. The van der Waals surface area contributed by atoms with Crippen LogP contribution >= 0.6 is 23.3 Å². The lowest BCUT2D eigenvalue weighted by molar-refractivity contribution is -0.118. The van der Waals surface area contributed by atoms with E-state index in [-0.39, 0.29) is 23.6 Å². The number of nitrogens with two attached hydrogens (primary N) is 1. The molecule has 1 heterocycles. The lowest BCUT2D eigenvalue weighted by atomic mass is 10.2. The Labute approximate surface area is 124 Å². The Hall–Kier alpha value is -1.61. The fraction of sp³-hybridized carbons (Fsp3) is 0.455. The number of carbonyl (C=O) groups excluding carboxylic acids is 2. The highest BCUT2D eigenvalue weighted by atomic mass is 32.2. The molecule has 3 N–H and O–H groups in total. The zero-order valence-corrected chi connectivity index (χ0v) is 12.7. The number of aromatic carboxylic acids is 1. The van der Waals surface area contributed by atoms with Gasteiger partial charge in [0, 0.05) is 19.2 Å². The average Bonchev–Trinajstić information content (AvgIpc) is 2.75. The Morgan fingerprint density at radius 1 is 1.45 bits per heavy atom. The lowest BCUT2D eigenvalue weighted by Gasteiger charge is -2.15. The van der Waals surface area contributed by atoms with E-state index in [0.717, 1.165) is 11.5 Å². The number of anilines is 1. The van der Waals surface area contributed by atoms with Crippen LogP contribution in [0.1, 0.15) is 22.5 Å². The molecule has 0 aliphatic carbocycles. The van der Waals surface area contributed by atoms with Crippen molar-refractivity contribution in [3.63, 3.8) is 0 Å². The van der Waals surface area contributed by atoms with E-state index < -0.39 is 11.9 Å². The third-order valence-electron chi connectivity index (χ3n) is 2.44. The number of carboxylic acid groups (broad SMARTS) is 1. The van der Waals surface area contributed by atoms with Crippen molar-refractivity contribution >= 4 is 46.1 Å². The molecule has 0 saturated carbocycles. The van der Waals surface area contributed by atoms with Crippen LogP contribution in [0.2, 0.25) is 0 Å². The van der Waals surface area contributed by atoms with Gasteiger partial charge in [-0.1, -0.05) is 0 Å². The van der Waals surface area contributed by atoms with Crippen LogP contribution in [-0.2, 0) is 9.59 Å². The zero-order valence-electron chi connectivity index (χ0n) is 11.1. The maximum absolute atomic E-state index is 12.0. The molecule has 0 atom stereocenters. The molecule has 0 unspecified atom stereocenters. The van der Waals surface area contributed by atoms with Crippen molar-refractivity contribution in [3.8, 4) is 0 Å². The molecule has 0 spiro atoms. The van der Waals surface area contributed by atoms with Crippen LogP contribution in [-0.4, -0.2) is 45.8 Å². The molecule has 2 amide bonds. The quantitative estimate of drug-likeness (QED) is 0.716. The highest BCUT2D eigenvalue weighted by Crippen LogP contribution is 2.28. The number of amides is 2. The molecular weight excluding hydrogens is 302 g/mol.